The maximum atomic E-state index is 10.8. The molecule has 1 fully saturated rings. The highest BCUT2D eigenvalue weighted by atomic mass is 16.5. The number of carbonyl (C=O) groups excluding carboxylic acids is 1. The van der Waals surface area contributed by atoms with Gasteiger partial charge in [0.2, 0.25) is 5.91 Å². The average molecular weight is 248 g/mol. The van der Waals surface area contributed by atoms with Gasteiger partial charge in [-0.05, 0) is 36.5 Å². The Morgan fingerprint density at radius 1 is 1.44 bits per heavy atom. The number of nitrogens with one attached hydrogen (secondary N) is 1. The molecule has 1 atom stereocenters. The van der Waals surface area contributed by atoms with Gasteiger partial charge in [-0.3, -0.25) is 4.79 Å². The lowest BCUT2D eigenvalue weighted by molar-refractivity contribution is -0.117. The highest BCUT2D eigenvalue weighted by Crippen LogP contribution is 2.34. The van der Waals surface area contributed by atoms with Crippen LogP contribution in [0.2, 0.25) is 0 Å². The van der Waals surface area contributed by atoms with Crippen molar-refractivity contribution in [1.29, 1.82) is 0 Å². The molecular weight excluding hydrogens is 228 g/mol. The highest BCUT2D eigenvalue weighted by Gasteiger charge is 2.30. The van der Waals surface area contributed by atoms with Crippen LogP contribution in [0.4, 0.5) is 5.69 Å². The van der Waals surface area contributed by atoms with Crippen LogP contribution in [0.3, 0.4) is 0 Å². The minimum atomic E-state index is -0.300. The number of primary amides is 1. The van der Waals surface area contributed by atoms with Gasteiger partial charge in [0.15, 0.2) is 0 Å². The van der Waals surface area contributed by atoms with E-state index in [1.165, 1.54) is 12.8 Å². The van der Waals surface area contributed by atoms with Crippen molar-refractivity contribution in [1.82, 2.24) is 0 Å². The molecule has 98 valence electrons. The van der Waals surface area contributed by atoms with Crippen molar-refractivity contribution in [3.63, 3.8) is 0 Å². The lowest BCUT2D eigenvalue weighted by Crippen LogP contribution is -2.27. The van der Waals surface area contributed by atoms with Gasteiger partial charge in [0.1, 0.15) is 0 Å². The Balaban J connectivity index is 1.93. The zero-order valence-corrected chi connectivity index (χ0v) is 10.7. The number of ether oxygens (including phenoxy) is 1. The second kappa shape index (κ2) is 5.87. The van der Waals surface area contributed by atoms with E-state index in [2.05, 4.69) is 5.32 Å². The van der Waals surface area contributed by atoms with Crippen molar-refractivity contribution in [3.8, 4) is 0 Å². The van der Waals surface area contributed by atoms with Gasteiger partial charge in [-0.1, -0.05) is 12.1 Å². The van der Waals surface area contributed by atoms with Gasteiger partial charge < -0.3 is 15.8 Å². The average Bonchev–Trinajstić information content (AvgIpc) is 3.14. The normalized spacial score (nSPS) is 16.3. The molecule has 0 spiro atoms. The Bertz CT molecular complexity index is 399. The predicted molar refractivity (Wildman–Crippen MR) is 71.4 cm³/mol. The van der Waals surface area contributed by atoms with Gasteiger partial charge in [-0.15, -0.1) is 0 Å². The number of rotatable bonds is 7. The van der Waals surface area contributed by atoms with Crippen molar-refractivity contribution in [2.24, 2.45) is 11.7 Å². The van der Waals surface area contributed by atoms with Crippen LogP contribution in [-0.4, -0.2) is 25.7 Å². The van der Waals surface area contributed by atoms with Gasteiger partial charge in [0.25, 0.3) is 0 Å². The number of hydrogen-bond acceptors (Lipinski definition) is 3. The van der Waals surface area contributed by atoms with Crippen LogP contribution < -0.4 is 11.1 Å². The third-order valence-corrected chi connectivity index (χ3v) is 3.22. The maximum Gasteiger partial charge on any atom is 0.221 e. The van der Waals surface area contributed by atoms with Gasteiger partial charge in [0, 0.05) is 12.8 Å². The van der Waals surface area contributed by atoms with Crippen LogP contribution in [0.1, 0.15) is 18.4 Å². The molecule has 0 aliphatic heterocycles. The smallest absolute Gasteiger partial charge is 0.221 e. The predicted octanol–water partition coefficient (Wildman–Crippen LogP) is 1.55. The fourth-order valence-corrected chi connectivity index (χ4v) is 2.11. The first-order valence-electron chi connectivity index (χ1n) is 6.31. The molecule has 0 bridgehead atoms. The van der Waals surface area contributed by atoms with Crippen LogP contribution in [0.15, 0.2) is 24.3 Å². The van der Waals surface area contributed by atoms with Crippen molar-refractivity contribution in [2.75, 3.05) is 19.0 Å². The molecule has 1 aliphatic carbocycles. The summed E-state index contributed by atoms with van der Waals surface area (Å²) in [6.07, 6.45) is 2.85. The first-order valence-corrected chi connectivity index (χ1v) is 6.31. The summed E-state index contributed by atoms with van der Waals surface area (Å²) in [7, 11) is 1.73. The van der Waals surface area contributed by atoms with E-state index < -0.39 is 0 Å². The Kier molecular flexibility index (Phi) is 4.20. The number of methoxy groups -OCH3 is 1. The largest absolute Gasteiger partial charge is 0.383 e. The van der Waals surface area contributed by atoms with Crippen molar-refractivity contribution >= 4 is 11.6 Å². The molecule has 0 heterocycles. The monoisotopic (exact) mass is 248 g/mol. The molecule has 3 N–H and O–H groups in total. The standard InChI is InChI=1S/C14H20N2O2/c1-18-9-13(11-4-5-11)16-12-6-2-10(3-7-12)8-14(15)17/h2-3,6-7,11,13,16H,4-5,8-9H2,1H3,(H2,15,17). The Morgan fingerprint density at radius 2 is 2.11 bits per heavy atom. The molecule has 18 heavy (non-hydrogen) atoms. The van der Waals surface area contributed by atoms with Crippen molar-refractivity contribution in [2.45, 2.75) is 25.3 Å². The summed E-state index contributed by atoms with van der Waals surface area (Å²) in [5.41, 5.74) is 7.17. The fraction of sp³-hybridized carbons (Fsp3) is 0.500. The zero-order valence-electron chi connectivity index (χ0n) is 10.7. The Morgan fingerprint density at radius 3 is 2.61 bits per heavy atom. The van der Waals surface area contributed by atoms with E-state index in [1.807, 2.05) is 24.3 Å². The number of nitrogens with two attached hydrogens (primary N) is 1. The van der Waals surface area contributed by atoms with Gasteiger partial charge in [-0.2, -0.15) is 0 Å². The van der Waals surface area contributed by atoms with Crippen LogP contribution in [0.5, 0.6) is 0 Å². The van der Waals surface area contributed by atoms with E-state index in [4.69, 9.17) is 10.5 Å². The minimum absolute atomic E-state index is 0.296. The first-order chi connectivity index (χ1) is 8.69. The third-order valence-electron chi connectivity index (χ3n) is 3.22. The molecule has 1 aromatic rings. The van der Waals surface area contributed by atoms with Crippen molar-refractivity contribution < 1.29 is 9.53 Å². The second-order valence-corrected chi connectivity index (χ2v) is 4.88. The number of carbonyl (C=O) groups is 1. The van der Waals surface area contributed by atoms with E-state index in [0.29, 0.717) is 12.5 Å². The summed E-state index contributed by atoms with van der Waals surface area (Å²) < 4.78 is 5.23. The van der Waals surface area contributed by atoms with Crippen LogP contribution >= 0.6 is 0 Å². The summed E-state index contributed by atoms with van der Waals surface area (Å²) in [6, 6.07) is 8.23. The topological polar surface area (TPSA) is 64.3 Å². The molecule has 1 aromatic carbocycles. The zero-order chi connectivity index (χ0) is 13.0. The quantitative estimate of drug-likeness (QED) is 0.769. The summed E-state index contributed by atoms with van der Waals surface area (Å²) in [4.78, 5) is 10.8. The molecule has 4 nitrogen and oxygen atoms in total. The lowest BCUT2D eigenvalue weighted by atomic mass is 10.1. The summed E-state index contributed by atoms with van der Waals surface area (Å²) in [6.45, 7) is 0.730. The molecule has 0 saturated heterocycles. The number of benzene rings is 1. The lowest BCUT2D eigenvalue weighted by Gasteiger charge is -2.18. The molecule has 2 rings (SSSR count). The number of hydrogen-bond donors (Lipinski definition) is 2. The molecular formula is C14H20N2O2. The maximum absolute atomic E-state index is 10.8. The number of amides is 1. The first kappa shape index (κ1) is 12.9. The molecule has 1 unspecified atom stereocenters. The van der Waals surface area contributed by atoms with Gasteiger partial charge in [0.05, 0.1) is 19.1 Å². The van der Waals surface area contributed by atoms with E-state index in [1.54, 1.807) is 7.11 Å². The SMILES string of the molecule is COCC(Nc1ccc(CC(N)=O)cc1)C1CC1. The molecule has 1 amide bonds. The Hall–Kier alpha value is -1.55. The van der Waals surface area contributed by atoms with Crippen molar-refractivity contribution in [3.05, 3.63) is 29.8 Å². The number of anilines is 1. The van der Waals surface area contributed by atoms with E-state index >= 15 is 0 Å². The molecule has 1 saturated carbocycles. The Labute approximate surface area is 108 Å². The summed E-state index contributed by atoms with van der Waals surface area (Å²) >= 11 is 0. The fourth-order valence-electron chi connectivity index (χ4n) is 2.11. The molecule has 1 aliphatic rings. The minimum Gasteiger partial charge on any atom is -0.383 e. The van der Waals surface area contributed by atoms with Gasteiger partial charge >= 0.3 is 0 Å². The van der Waals surface area contributed by atoms with Crippen LogP contribution in [-0.2, 0) is 16.0 Å². The van der Waals surface area contributed by atoms with E-state index in [0.717, 1.165) is 23.8 Å². The molecule has 4 heteroatoms. The second-order valence-electron chi connectivity index (χ2n) is 4.88. The van der Waals surface area contributed by atoms with Crippen LogP contribution in [0.25, 0.3) is 0 Å². The highest BCUT2D eigenvalue weighted by molar-refractivity contribution is 5.76. The summed E-state index contributed by atoms with van der Waals surface area (Å²) in [5.74, 6) is 0.432. The molecule has 0 aromatic heterocycles. The summed E-state index contributed by atoms with van der Waals surface area (Å²) in [5, 5.41) is 3.48. The van der Waals surface area contributed by atoms with Gasteiger partial charge in [-0.25, -0.2) is 0 Å². The van der Waals surface area contributed by atoms with Crippen LogP contribution in [0, 0.1) is 5.92 Å². The van der Waals surface area contributed by atoms with E-state index in [9.17, 15) is 4.79 Å². The van der Waals surface area contributed by atoms with E-state index in [-0.39, 0.29) is 5.91 Å². The molecule has 0 radical (unpaired) electrons. The third kappa shape index (κ3) is 3.74.